The van der Waals surface area contributed by atoms with E-state index in [0.29, 0.717) is 10.8 Å². The Morgan fingerprint density at radius 1 is 0.600 bits per heavy atom. The van der Waals surface area contributed by atoms with E-state index in [9.17, 15) is 0 Å². The lowest BCUT2D eigenvalue weighted by Gasteiger charge is -2.43. The topological polar surface area (TPSA) is 3.24 Å². The van der Waals surface area contributed by atoms with Crippen LogP contribution >= 0.6 is 0 Å². The first-order valence-corrected chi connectivity index (χ1v) is 6.06. The monoisotopic (exact) mass is 213 g/mol. The standard InChI is InChI=1S/C14H31N/c1-12(2,3)10-15(14(7,8)9)11-13(4,5)6/h10-11H2,1-9H3. The maximum atomic E-state index is 2.60. The van der Waals surface area contributed by atoms with Crippen molar-refractivity contribution in [1.82, 2.24) is 4.90 Å². The summed E-state index contributed by atoms with van der Waals surface area (Å²) >= 11 is 0. The van der Waals surface area contributed by atoms with Crippen molar-refractivity contribution in [2.75, 3.05) is 13.1 Å². The predicted octanol–water partition coefficient (Wildman–Crippen LogP) is 4.18. The molecule has 0 spiro atoms. The van der Waals surface area contributed by atoms with Gasteiger partial charge in [-0.3, -0.25) is 4.90 Å². The summed E-state index contributed by atoms with van der Waals surface area (Å²) in [6.45, 7) is 23.1. The Hall–Kier alpha value is -0.0400. The summed E-state index contributed by atoms with van der Waals surface area (Å²) < 4.78 is 0. The largest absolute Gasteiger partial charge is 0.297 e. The second kappa shape index (κ2) is 4.45. The molecule has 92 valence electrons. The number of nitrogens with zero attached hydrogens (tertiary/aromatic N) is 1. The van der Waals surface area contributed by atoms with Gasteiger partial charge in [-0.05, 0) is 31.6 Å². The number of hydrogen-bond donors (Lipinski definition) is 0. The van der Waals surface area contributed by atoms with Gasteiger partial charge in [-0.25, -0.2) is 0 Å². The quantitative estimate of drug-likeness (QED) is 0.665. The van der Waals surface area contributed by atoms with Crippen molar-refractivity contribution in [3.63, 3.8) is 0 Å². The third kappa shape index (κ3) is 7.84. The van der Waals surface area contributed by atoms with Crippen LogP contribution in [0.25, 0.3) is 0 Å². The van der Waals surface area contributed by atoms with Crippen LogP contribution in [0.15, 0.2) is 0 Å². The molecular weight excluding hydrogens is 182 g/mol. The second-order valence-corrected chi connectivity index (χ2v) is 8.15. The molecule has 1 nitrogen and oxygen atoms in total. The first kappa shape index (κ1) is 15.0. The molecule has 0 aromatic carbocycles. The fourth-order valence-corrected chi connectivity index (χ4v) is 1.68. The maximum Gasteiger partial charge on any atom is 0.0125 e. The summed E-state index contributed by atoms with van der Waals surface area (Å²) in [7, 11) is 0. The Morgan fingerprint density at radius 2 is 0.867 bits per heavy atom. The molecule has 0 aliphatic heterocycles. The SMILES string of the molecule is CC(C)(C)CN(CC(C)(C)C)C(C)(C)C. The van der Waals surface area contributed by atoms with Crippen molar-refractivity contribution in [2.45, 2.75) is 67.9 Å². The highest BCUT2D eigenvalue weighted by Crippen LogP contribution is 2.26. The van der Waals surface area contributed by atoms with Gasteiger partial charge in [0.25, 0.3) is 0 Å². The molecule has 0 atom stereocenters. The van der Waals surface area contributed by atoms with E-state index in [4.69, 9.17) is 0 Å². The van der Waals surface area contributed by atoms with E-state index in [1.165, 1.54) is 0 Å². The van der Waals surface area contributed by atoms with Gasteiger partial charge in [0.05, 0.1) is 0 Å². The van der Waals surface area contributed by atoms with Gasteiger partial charge in [-0.1, -0.05) is 41.5 Å². The molecule has 0 rings (SSSR count). The summed E-state index contributed by atoms with van der Waals surface area (Å²) in [4.78, 5) is 2.60. The highest BCUT2D eigenvalue weighted by Gasteiger charge is 2.29. The molecule has 0 aliphatic carbocycles. The van der Waals surface area contributed by atoms with E-state index in [-0.39, 0.29) is 5.54 Å². The minimum absolute atomic E-state index is 0.264. The molecule has 0 amide bonds. The molecule has 1 heteroatoms. The molecule has 0 N–H and O–H groups in total. The first-order chi connectivity index (χ1) is 6.31. The van der Waals surface area contributed by atoms with Crippen LogP contribution in [0.4, 0.5) is 0 Å². The molecule has 0 bridgehead atoms. The Bertz CT molecular complexity index is 169. The summed E-state index contributed by atoms with van der Waals surface area (Å²) in [6, 6.07) is 0. The lowest BCUT2D eigenvalue weighted by Crippen LogP contribution is -2.49. The molecule has 0 saturated carbocycles. The molecule has 0 aromatic rings. The summed E-state index contributed by atoms with van der Waals surface area (Å²) in [5.41, 5.74) is 1.01. The van der Waals surface area contributed by atoms with Crippen LogP contribution in [-0.4, -0.2) is 23.5 Å². The fraction of sp³-hybridized carbons (Fsp3) is 1.00. The van der Waals surface area contributed by atoms with Crippen molar-refractivity contribution in [2.24, 2.45) is 10.8 Å². The van der Waals surface area contributed by atoms with E-state index < -0.39 is 0 Å². The van der Waals surface area contributed by atoms with Gasteiger partial charge in [-0.2, -0.15) is 0 Å². The third-order valence-corrected chi connectivity index (χ3v) is 2.28. The molecule has 0 aliphatic rings. The van der Waals surface area contributed by atoms with Gasteiger partial charge in [0.1, 0.15) is 0 Å². The van der Waals surface area contributed by atoms with E-state index in [1.807, 2.05) is 0 Å². The lowest BCUT2D eigenvalue weighted by atomic mass is 9.89. The van der Waals surface area contributed by atoms with E-state index in [0.717, 1.165) is 13.1 Å². The van der Waals surface area contributed by atoms with Crippen LogP contribution in [0.1, 0.15) is 62.3 Å². The maximum absolute atomic E-state index is 2.60. The number of hydrogen-bond acceptors (Lipinski definition) is 1. The molecule has 0 fully saturated rings. The van der Waals surface area contributed by atoms with Gasteiger partial charge in [-0.15, -0.1) is 0 Å². The summed E-state index contributed by atoms with van der Waals surface area (Å²) in [5.74, 6) is 0. The van der Waals surface area contributed by atoms with E-state index >= 15 is 0 Å². The minimum atomic E-state index is 0.264. The van der Waals surface area contributed by atoms with Gasteiger partial charge in [0.2, 0.25) is 0 Å². The van der Waals surface area contributed by atoms with Crippen LogP contribution in [0.3, 0.4) is 0 Å². The highest BCUT2D eigenvalue weighted by atomic mass is 15.2. The molecule has 0 heterocycles. The highest BCUT2D eigenvalue weighted by molar-refractivity contribution is 4.83. The van der Waals surface area contributed by atoms with Crippen LogP contribution in [0.5, 0.6) is 0 Å². The second-order valence-electron chi connectivity index (χ2n) is 8.15. The van der Waals surface area contributed by atoms with E-state index in [1.54, 1.807) is 0 Å². The normalized spacial score (nSPS) is 14.8. The van der Waals surface area contributed by atoms with Crippen molar-refractivity contribution in [1.29, 1.82) is 0 Å². The average molecular weight is 213 g/mol. The minimum Gasteiger partial charge on any atom is -0.297 e. The van der Waals surface area contributed by atoms with Crippen molar-refractivity contribution in [3.05, 3.63) is 0 Å². The zero-order valence-electron chi connectivity index (χ0n) is 12.4. The fourth-order valence-electron chi connectivity index (χ4n) is 1.68. The third-order valence-electron chi connectivity index (χ3n) is 2.28. The van der Waals surface area contributed by atoms with Crippen LogP contribution in [0.2, 0.25) is 0 Å². The molecule has 0 unspecified atom stereocenters. The molecule has 0 saturated heterocycles. The number of rotatable bonds is 2. The molecule has 15 heavy (non-hydrogen) atoms. The van der Waals surface area contributed by atoms with Crippen molar-refractivity contribution in [3.8, 4) is 0 Å². The molecular formula is C14H31N. The van der Waals surface area contributed by atoms with Crippen molar-refractivity contribution < 1.29 is 0 Å². The smallest absolute Gasteiger partial charge is 0.0125 e. The van der Waals surface area contributed by atoms with Crippen LogP contribution in [0, 0.1) is 10.8 Å². The first-order valence-electron chi connectivity index (χ1n) is 6.06. The Morgan fingerprint density at radius 3 is 1.00 bits per heavy atom. The van der Waals surface area contributed by atoms with Gasteiger partial charge < -0.3 is 0 Å². The van der Waals surface area contributed by atoms with Crippen LogP contribution < -0.4 is 0 Å². The summed E-state index contributed by atoms with van der Waals surface area (Å²) in [5, 5.41) is 0. The van der Waals surface area contributed by atoms with Gasteiger partial charge >= 0.3 is 0 Å². The summed E-state index contributed by atoms with van der Waals surface area (Å²) in [6.07, 6.45) is 0. The predicted molar refractivity (Wildman–Crippen MR) is 70.2 cm³/mol. The Labute approximate surface area is 97.2 Å². The zero-order valence-corrected chi connectivity index (χ0v) is 12.4. The Kier molecular flexibility index (Phi) is 4.44. The van der Waals surface area contributed by atoms with Gasteiger partial charge in [0, 0.05) is 18.6 Å². The Balaban J connectivity index is 4.62. The zero-order chi connectivity index (χ0) is 12.5. The van der Waals surface area contributed by atoms with E-state index in [2.05, 4.69) is 67.2 Å². The molecule has 0 radical (unpaired) electrons. The average Bonchev–Trinajstić information content (AvgIpc) is 1.75. The molecule has 0 aromatic heterocycles. The van der Waals surface area contributed by atoms with Crippen LogP contribution in [-0.2, 0) is 0 Å². The lowest BCUT2D eigenvalue weighted by molar-refractivity contribution is 0.0569. The van der Waals surface area contributed by atoms with Gasteiger partial charge in [0.15, 0.2) is 0 Å². The van der Waals surface area contributed by atoms with Crippen molar-refractivity contribution >= 4 is 0 Å².